The molecule has 2 aromatic rings. The van der Waals surface area contributed by atoms with Crippen molar-refractivity contribution in [2.45, 2.75) is 38.8 Å². The van der Waals surface area contributed by atoms with Crippen molar-refractivity contribution in [1.82, 2.24) is 5.32 Å². The van der Waals surface area contributed by atoms with Crippen LogP contribution in [-0.2, 0) is 28.6 Å². The summed E-state index contributed by atoms with van der Waals surface area (Å²) in [5, 5.41) is 3.22. The molecule has 7 heteroatoms. The van der Waals surface area contributed by atoms with Gasteiger partial charge in [0.05, 0.1) is 26.4 Å². The summed E-state index contributed by atoms with van der Waals surface area (Å²) in [5.74, 6) is -2.96. The van der Waals surface area contributed by atoms with Crippen molar-refractivity contribution in [3.8, 4) is 0 Å². The number of rotatable bonds is 7. The van der Waals surface area contributed by atoms with Crippen LogP contribution in [0.25, 0.3) is 0 Å². The Morgan fingerprint density at radius 2 is 1.44 bits per heavy atom. The second-order valence-corrected chi connectivity index (χ2v) is 7.71. The van der Waals surface area contributed by atoms with Gasteiger partial charge in [-0.25, -0.2) is 0 Å². The fraction of sp³-hybridized carbons (Fsp3) is 0.400. The van der Waals surface area contributed by atoms with E-state index in [1.165, 1.54) is 7.11 Å². The van der Waals surface area contributed by atoms with E-state index in [0.717, 1.165) is 5.56 Å². The van der Waals surface area contributed by atoms with E-state index in [-0.39, 0.29) is 13.2 Å². The lowest BCUT2D eigenvalue weighted by Gasteiger charge is -2.35. The van der Waals surface area contributed by atoms with Gasteiger partial charge in [0, 0.05) is 5.92 Å². The average molecular weight is 440 g/mol. The summed E-state index contributed by atoms with van der Waals surface area (Å²) < 4.78 is 16.0. The van der Waals surface area contributed by atoms with Crippen LogP contribution >= 0.6 is 0 Å². The lowest BCUT2D eigenvalue weighted by molar-refractivity contribution is -0.174. The molecule has 1 N–H and O–H groups in total. The monoisotopic (exact) mass is 439 g/mol. The molecule has 32 heavy (non-hydrogen) atoms. The summed E-state index contributed by atoms with van der Waals surface area (Å²) in [6.07, 6.45) is 0. The third kappa shape index (κ3) is 4.00. The third-order valence-electron chi connectivity index (χ3n) is 5.88. The third-order valence-corrected chi connectivity index (χ3v) is 5.88. The Labute approximate surface area is 188 Å². The molecule has 7 nitrogen and oxygen atoms in total. The van der Waals surface area contributed by atoms with Crippen molar-refractivity contribution >= 4 is 17.9 Å². The quantitative estimate of drug-likeness (QED) is 0.403. The van der Waals surface area contributed by atoms with Crippen molar-refractivity contribution < 1.29 is 28.6 Å². The smallest absolute Gasteiger partial charge is 0.326 e. The summed E-state index contributed by atoms with van der Waals surface area (Å²) in [6.45, 7) is 5.44. The number of methoxy groups -OCH3 is 1. The summed E-state index contributed by atoms with van der Waals surface area (Å²) >= 11 is 0. The number of nitrogens with one attached hydrogen (secondary N) is 1. The van der Waals surface area contributed by atoms with Gasteiger partial charge < -0.3 is 14.2 Å². The molecule has 1 saturated heterocycles. The van der Waals surface area contributed by atoms with Gasteiger partial charge >= 0.3 is 17.9 Å². The van der Waals surface area contributed by atoms with Gasteiger partial charge in [0.15, 0.2) is 5.41 Å². The molecule has 2 aromatic carbocycles. The minimum absolute atomic E-state index is 0.0744. The first-order valence-electron chi connectivity index (χ1n) is 10.7. The van der Waals surface area contributed by atoms with E-state index in [1.807, 2.05) is 37.3 Å². The molecule has 1 fully saturated rings. The van der Waals surface area contributed by atoms with Gasteiger partial charge in [-0.05, 0) is 31.9 Å². The Bertz CT molecular complexity index is 938. The molecule has 3 rings (SSSR count). The van der Waals surface area contributed by atoms with Crippen LogP contribution in [-0.4, -0.2) is 44.3 Å². The zero-order valence-electron chi connectivity index (χ0n) is 18.8. The summed E-state index contributed by atoms with van der Waals surface area (Å²) in [4.78, 5) is 40.2. The second kappa shape index (κ2) is 9.96. The predicted molar refractivity (Wildman–Crippen MR) is 118 cm³/mol. The summed E-state index contributed by atoms with van der Waals surface area (Å²) in [7, 11) is 1.28. The van der Waals surface area contributed by atoms with Crippen LogP contribution in [0.3, 0.4) is 0 Å². The van der Waals surface area contributed by atoms with Crippen molar-refractivity contribution in [3.05, 3.63) is 71.3 Å². The molecule has 0 amide bonds. The molecular formula is C25H29NO6. The number of carbonyl (C=O) groups excluding carboxylic acids is 3. The molecule has 0 aromatic heterocycles. The average Bonchev–Trinajstić information content (AvgIpc) is 3.17. The van der Waals surface area contributed by atoms with Crippen LogP contribution in [0.4, 0.5) is 0 Å². The Hall–Kier alpha value is -3.19. The van der Waals surface area contributed by atoms with Crippen molar-refractivity contribution in [2.24, 2.45) is 5.41 Å². The predicted octanol–water partition coefficient (Wildman–Crippen LogP) is 3.08. The molecule has 0 unspecified atom stereocenters. The molecule has 0 saturated carbocycles. The maximum Gasteiger partial charge on any atom is 0.326 e. The van der Waals surface area contributed by atoms with Gasteiger partial charge in [0.25, 0.3) is 0 Å². The van der Waals surface area contributed by atoms with E-state index in [9.17, 15) is 14.4 Å². The molecule has 1 aliphatic heterocycles. The Balaban J connectivity index is 2.33. The number of ether oxygens (including phenoxy) is 3. The van der Waals surface area contributed by atoms with Crippen LogP contribution in [0.2, 0.25) is 0 Å². The van der Waals surface area contributed by atoms with Gasteiger partial charge in [-0.3, -0.25) is 19.7 Å². The van der Waals surface area contributed by atoms with E-state index in [0.29, 0.717) is 11.1 Å². The van der Waals surface area contributed by atoms with Gasteiger partial charge in [-0.15, -0.1) is 0 Å². The number of hydrogen-bond donors (Lipinski definition) is 1. The van der Waals surface area contributed by atoms with Gasteiger partial charge in [0.1, 0.15) is 6.04 Å². The van der Waals surface area contributed by atoms with E-state index in [1.54, 1.807) is 38.1 Å². The lowest BCUT2D eigenvalue weighted by Crippen LogP contribution is -2.49. The van der Waals surface area contributed by atoms with Crippen LogP contribution in [0.15, 0.2) is 54.6 Å². The number of aryl methyl sites for hydroxylation is 1. The first-order valence-corrected chi connectivity index (χ1v) is 10.7. The maximum absolute atomic E-state index is 13.7. The first kappa shape index (κ1) is 23.5. The van der Waals surface area contributed by atoms with E-state index >= 15 is 0 Å². The van der Waals surface area contributed by atoms with Crippen LogP contribution in [0.5, 0.6) is 0 Å². The zero-order chi connectivity index (χ0) is 23.3. The minimum atomic E-state index is -1.83. The molecule has 170 valence electrons. The van der Waals surface area contributed by atoms with Gasteiger partial charge in [-0.1, -0.05) is 60.2 Å². The largest absolute Gasteiger partial charge is 0.468 e. The highest BCUT2D eigenvalue weighted by Crippen LogP contribution is 2.55. The Morgan fingerprint density at radius 1 is 0.875 bits per heavy atom. The summed E-state index contributed by atoms with van der Waals surface area (Å²) in [6, 6.07) is 14.6. The van der Waals surface area contributed by atoms with E-state index in [2.05, 4.69) is 5.32 Å². The Kier molecular flexibility index (Phi) is 7.30. The number of esters is 3. The number of benzene rings is 2. The van der Waals surface area contributed by atoms with Crippen molar-refractivity contribution in [1.29, 1.82) is 0 Å². The lowest BCUT2D eigenvalue weighted by atomic mass is 9.66. The molecule has 0 bridgehead atoms. The molecule has 1 heterocycles. The van der Waals surface area contributed by atoms with Crippen LogP contribution in [0.1, 0.15) is 42.5 Å². The van der Waals surface area contributed by atoms with E-state index < -0.39 is 41.3 Å². The molecular weight excluding hydrogens is 410 g/mol. The molecule has 0 radical (unpaired) electrons. The van der Waals surface area contributed by atoms with E-state index in [4.69, 9.17) is 14.2 Å². The molecule has 3 atom stereocenters. The minimum Gasteiger partial charge on any atom is -0.468 e. The van der Waals surface area contributed by atoms with Crippen molar-refractivity contribution in [3.63, 3.8) is 0 Å². The number of hydrogen-bond acceptors (Lipinski definition) is 7. The topological polar surface area (TPSA) is 90.9 Å². The Morgan fingerprint density at radius 3 is 1.94 bits per heavy atom. The van der Waals surface area contributed by atoms with Crippen LogP contribution < -0.4 is 5.32 Å². The SMILES string of the molecule is CCOC(=O)C1(C(=O)OCC)[C@H](c2ccccc2)[C@@H](C(=O)OC)N[C@H]1c1ccc(C)cc1. The summed E-state index contributed by atoms with van der Waals surface area (Å²) in [5.41, 5.74) is 0.491. The van der Waals surface area contributed by atoms with Gasteiger partial charge in [-0.2, -0.15) is 0 Å². The van der Waals surface area contributed by atoms with Crippen molar-refractivity contribution in [2.75, 3.05) is 20.3 Å². The maximum atomic E-state index is 13.7. The normalized spacial score (nSPS) is 21.6. The molecule has 0 aliphatic carbocycles. The van der Waals surface area contributed by atoms with Crippen LogP contribution in [0, 0.1) is 12.3 Å². The second-order valence-electron chi connectivity index (χ2n) is 7.71. The molecule has 0 spiro atoms. The number of carbonyl (C=O) groups is 3. The highest BCUT2D eigenvalue weighted by molar-refractivity contribution is 6.04. The standard InChI is InChI=1S/C25H29NO6/c1-5-31-23(28)25(24(29)32-6-2)19(17-10-8-7-9-11-17)20(22(27)30-4)26-21(25)18-14-12-16(3)13-15-18/h7-15,19-21,26H,5-6H2,1-4H3/t19-,20+,21+/m1/s1. The zero-order valence-corrected chi connectivity index (χ0v) is 18.8. The highest BCUT2D eigenvalue weighted by atomic mass is 16.6. The van der Waals surface area contributed by atoms with Gasteiger partial charge in [0.2, 0.25) is 0 Å². The fourth-order valence-electron chi connectivity index (χ4n) is 4.49. The molecule has 1 aliphatic rings. The fourth-order valence-corrected chi connectivity index (χ4v) is 4.49. The first-order chi connectivity index (χ1) is 15.4. The highest BCUT2D eigenvalue weighted by Gasteiger charge is 2.69.